The standard InChI is InChI=1S/C10H16N2O8.CH4O3S.Ca/c13-7(14)3-11(4-8(15)16)1-2-12(5-9(17)18)6-10(19)20;1-5(2,3)4;/h1-6H2,(H,13,14)(H,15,16)(H,17,18)(H,19,20);1H3,(H,2,3,4);/q;;+2/p-5. The molecule has 0 aliphatic carbocycles. The Morgan fingerprint density at radius 2 is 0.846 bits per heavy atom. The van der Waals surface area contributed by atoms with Gasteiger partial charge in [-0.3, -0.25) is 9.80 Å². The van der Waals surface area contributed by atoms with Crippen LogP contribution in [-0.4, -0.2) is 130 Å². The van der Waals surface area contributed by atoms with Crippen LogP contribution in [0.4, 0.5) is 0 Å². The number of nitrogens with zero attached hydrogens (tertiary/aromatic N) is 2. The molecule has 0 heterocycles. The van der Waals surface area contributed by atoms with Crippen molar-refractivity contribution in [3.8, 4) is 0 Å². The van der Waals surface area contributed by atoms with E-state index in [-0.39, 0.29) is 50.8 Å². The summed E-state index contributed by atoms with van der Waals surface area (Å²) in [6.07, 6.45) is 0.604. The molecular formula is C11H15CaN2O11S-3. The number of hydrogen-bond donors (Lipinski definition) is 0. The molecule has 0 radical (unpaired) electrons. The minimum absolute atomic E-state index is 0. The van der Waals surface area contributed by atoms with Gasteiger partial charge < -0.3 is 44.2 Å². The maximum atomic E-state index is 10.4. The normalized spacial score (nSPS) is 10.5. The van der Waals surface area contributed by atoms with Gasteiger partial charge in [-0.1, -0.05) is 0 Å². The van der Waals surface area contributed by atoms with Crippen LogP contribution in [0.3, 0.4) is 0 Å². The van der Waals surface area contributed by atoms with Crippen LogP contribution in [0.2, 0.25) is 0 Å². The zero-order valence-corrected chi connectivity index (χ0v) is 16.8. The summed E-state index contributed by atoms with van der Waals surface area (Å²) in [7, 11) is -3.92. The van der Waals surface area contributed by atoms with E-state index in [1.807, 2.05) is 0 Å². The minimum atomic E-state index is -3.92. The van der Waals surface area contributed by atoms with Gasteiger partial charge in [-0.2, -0.15) is 0 Å². The fourth-order valence-corrected chi connectivity index (χ4v) is 1.44. The van der Waals surface area contributed by atoms with Crippen molar-refractivity contribution in [1.29, 1.82) is 0 Å². The van der Waals surface area contributed by atoms with E-state index in [0.717, 1.165) is 9.80 Å². The van der Waals surface area contributed by atoms with Gasteiger partial charge in [0.25, 0.3) is 0 Å². The Morgan fingerprint density at radius 3 is 0.962 bits per heavy atom. The fourth-order valence-electron chi connectivity index (χ4n) is 1.44. The number of rotatable bonds is 11. The molecule has 0 spiro atoms. The Kier molecular flexibility index (Phi) is 17.2. The van der Waals surface area contributed by atoms with E-state index < -0.39 is 60.2 Å². The van der Waals surface area contributed by atoms with Crippen molar-refractivity contribution in [1.82, 2.24) is 9.80 Å². The predicted octanol–water partition coefficient (Wildman–Crippen LogP) is -8.63. The van der Waals surface area contributed by atoms with Gasteiger partial charge in [-0.05, 0) is 0 Å². The Hall–Kier alpha value is -1.03. The van der Waals surface area contributed by atoms with Crippen LogP contribution in [0.25, 0.3) is 0 Å². The summed E-state index contributed by atoms with van der Waals surface area (Å²) in [6, 6.07) is 0. The maximum Gasteiger partial charge on any atom is 2.00 e. The summed E-state index contributed by atoms with van der Waals surface area (Å²) < 4.78 is 27.2. The summed E-state index contributed by atoms with van der Waals surface area (Å²) in [5, 5.41) is 41.6. The van der Waals surface area contributed by atoms with Gasteiger partial charge >= 0.3 is 37.7 Å². The number of carbonyl (C=O) groups is 4. The van der Waals surface area contributed by atoms with Crippen LogP contribution >= 0.6 is 0 Å². The molecule has 0 fully saturated rings. The molecule has 15 heteroatoms. The molecule has 26 heavy (non-hydrogen) atoms. The number of hydrogen-bond acceptors (Lipinski definition) is 13. The summed E-state index contributed by atoms with van der Waals surface area (Å²) in [4.78, 5) is 43.4. The number of carbonyl (C=O) groups excluding carboxylic acids is 4. The Labute approximate surface area is 178 Å². The average Bonchev–Trinajstić information content (AvgIpc) is 2.30. The largest absolute Gasteiger partial charge is 2.00 e. The van der Waals surface area contributed by atoms with Crippen LogP contribution < -0.4 is 20.4 Å². The molecule has 146 valence electrons. The van der Waals surface area contributed by atoms with Gasteiger partial charge in [0, 0.05) is 45.5 Å². The van der Waals surface area contributed by atoms with Crippen molar-refractivity contribution < 1.29 is 52.6 Å². The maximum absolute atomic E-state index is 10.4. The Morgan fingerprint density at radius 1 is 0.692 bits per heavy atom. The second-order valence-corrected chi connectivity index (χ2v) is 6.02. The third-order valence-electron chi connectivity index (χ3n) is 2.14. The summed E-state index contributed by atoms with van der Waals surface area (Å²) >= 11 is 0. The van der Waals surface area contributed by atoms with Crippen LogP contribution in [0.15, 0.2) is 0 Å². The third-order valence-corrected chi connectivity index (χ3v) is 2.14. The molecular weight excluding hydrogens is 408 g/mol. The van der Waals surface area contributed by atoms with E-state index in [9.17, 15) is 39.6 Å². The topological polar surface area (TPSA) is 224 Å². The van der Waals surface area contributed by atoms with Gasteiger partial charge in [-0.25, -0.2) is 8.42 Å². The van der Waals surface area contributed by atoms with Crippen LogP contribution in [0, 0.1) is 0 Å². The van der Waals surface area contributed by atoms with E-state index in [1.54, 1.807) is 0 Å². The third kappa shape index (κ3) is 27.8. The Bertz CT molecular complexity index is 505. The van der Waals surface area contributed by atoms with E-state index >= 15 is 0 Å². The van der Waals surface area contributed by atoms with E-state index in [4.69, 9.17) is 13.0 Å². The van der Waals surface area contributed by atoms with E-state index in [0.29, 0.717) is 6.26 Å². The smallest absolute Gasteiger partial charge is 0.748 e. The summed E-state index contributed by atoms with van der Waals surface area (Å²) in [5.41, 5.74) is 0. The second-order valence-electron chi connectivity index (χ2n) is 4.61. The fraction of sp³-hybridized carbons (Fsp3) is 0.636. The molecule has 0 aliphatic rings. The van der Waals surface area contributed by atoms with Gasteiger partial charge in [-0.15, -0.1) is 0 Å². The SMILES string of the molecule is CS(=O)(=O)[O-].O=C([O-])CN(CCN(CC(=O)[O-])CC(=O)[O-])CC(=O)[O-].[Ca+2]. The summed E-state index contributed by atoms with van der Waals surface area (Å²) in [6.45, 7) is -3.25. The molecule has 0 N–H and O–H groups in total. The predicted molar refractivity (Wildman–Crippen MR) is 74.3 cm³/mol. The minimum Gasteiger partial charge on any atom is -0.748 e. The first-order chi connectivity index (χ1) is 11.2. The van der Waals surface area contributed by atoms with Gasteiger partial charge in [0.1, 0.15) is 0 Å². The van der Waals surface area contributed by atoms with Crippen molar-refractivity contribution in [2.24, 2.45) is 0 Å². The zero-order valence-electron chi connectivity index (χ0n) is 13.7. The molecule has 0 bridgehead atoms. The molecule has 0 aromatic heterocycles. The van der Waals surface area contributed by atoms with Crippen molar-refractivity contribution in [3.05, 3.63) is 0 Å². The first kappa shape index (κ1) is 29.7. The molecule has 0 unspecified atom stereocenters. The van der Waals surface area contributed by atoms with Gasteiger partial charge in [0.05, 0.1) is 34.0 Å². The molecule has 0 saturated carbocycles. The van der Waals surface area contributed by atoms with Crippen molar-refractivity contribution in [2.75, 3.05) is 45.5 Å². The van der Waals surface area contributed by atoms with Crippen molar-refractivity contribution in [3.63, 3.8) is 0 Å². The number of carboxylic acids is 4. The second kappa shape index (κ2) is 15.1. The van der Waals surface area contributed by atoms with Crippen LogP contribution in [0.1, 0.15) is 0 Å². The number of carboxylic acid groups (broad SMARTS) is 4. The zero-order chi connectivity index (χ0) is 20.2. The van der Waals surface area contributed by atoms with Crippen LogP contribution in [0.5, 0.6) is 0 Å². The van der Waals surface area contributed by atoms with E-state index in [2.05, 4.69) is 0 Å². The monoisotopic (exact) mass is 423 g/mol. The van der Waals surface area contributed by atoms with E-state index in [1.165, 1.54) is 0 Å². The molecule has 13 nitrogen and oxygen atoms in total. The van der Waals surface area contributed by atoms with Crippen LogP contribution in [-0.2, 0) is 29.3 Å². The average molecular weight is 423 g/mol. The van der Waals surface area contributed by atoms with Crippen molar-refractivity contribution >= 4 is 71.7 Å². The quantitative estimate of drug-likeness (QED) is 0.222. The molecule has 0 amide bonds. The molecule has 0 aromatic rings. The van der Waals surface area contributed by atoms with Gasteiger partial charge in [0.15, 0.2) is 0 Å². The Balaban J connectivity index is -0.000000772. The van der Waals surface area contributed by atoms with Crippen molar-refractivity contribution in [2.45, 2.75) is 0 Å². The molecule has 0 aromatic carbocycles. The molecule has 0 rings (SSSR count). The number of aliphatic carboxylic acids is 4. The summed E-state index contributed by atoms with van der Waals surface area (Å²) in [5.74, 6) is -6.12. The molecule has 0 atom stereocenters. The first-order valence-corrected chi connectivity index (χ1v) is 8.17. The first-order valence-electron chi connectivity index (χ1n) is 6.35. The van der Waals surface area contributed by atoms with Gasteiger partial charge in [0.2, 0.25) is 0 Å². The molecule has 0 saturated heterocycles. The molecule has 0 aliphatic heterocycles.